The molecule has 2 N–H and O–H groups in total. The summed E-state index contributed by atoms with van der Waals surface area (Å²) in [4.78, 5) is 11.4. The molecule has 1 heterocycles. The molecule has 0 amide bonds. The zero-order chi connectivity index (χ0) is 7.56. The van der Waals surface area contributed by atoms with Crippen LogP contribution in [0, 0.1) is 0 Å². The number of anilines is 1. The van der Waals surface area contributed by atoms with Gasteiger partial charge in [-0.25, -0.2) is 4.98 Å². The van der Waals surface area contributed by atoms with Gasteiger partial charge in [-0.15, -0.1) is 0 Å². The van der Waals surface area contributed by atoms with E-state index >= 15 is 0 Å². The van der Waals surface area contributed by atoms with Gasteiger partial charge in [-0.2, -0.15) is 9.97 Å². The van der Waals surface area contributed by atoms with Crippen molar-refractivity contribution in [1.82, 2.24) is 15.0 Å². The van der Waals surface area contributed by atoms with Crippen LogP contribution in [0.5, 0.6) is 0 Å². The van der Waals surface area contributed by atoms with E-state index in [0.717, 1.165) is 0 Å². The van der Waals surface area contributed by atoms with Crippen molar-refractivity contribution in [3.8, 4) is 0 Å². The Balaban J connectivity index is 3.18. The number of nitrogens with two attached hydrogens (primary N) is 1. The average molecular weight is 154 g/mol. The Kier molecular flexibility index (Phi) is 1.92. The summed E-state index contributed by atoms with van der Waals surface area (Å²) in [7, 11) is 2.34. The molecule has 10 heavy (non-hydrogen) atoms. The van der Waals surface area contributed by atoms with Gasteiger partial charge in [0.2, 0.25) is 5.95 Å². The standard InChI is InChI=1S/C5H7N4P/c1-2-3-7-4(6)9-5(10)8-3/h2H,1,10H2,(H2,6,7,8,9). The molecule has 0 aliphatic heterocycles. The molecule has 1 aromatic rings. The molecule has 52 valence electrons. The molecule has 1 aromatic heterocycles. The molecule has 0 aromatic carbocycles. The minimum atomic E-state index is 0.218. The highest BCUT2D eigenvalue weighted by Gasteiger charge is 1.94. The molecule has 0 saturated carbocycles. The number of rotatable bonds is 1. The smallest absolute Gasteiger partial charge is 0.224 e. The van der Waals surface area contributed by atoms with E-state index in [-0.39, 0.29) is 5.95 Å². The molecule has 1 atom stereocenters. The maximum absolute atomic E-state index is 5.31. The zero-order valence-electron chi connectivity index (χ0n) is 5.28. The van der Waals surface area contributed by atoms with Gasteiger partial charge in [0.15, 0.2) is 11.4 Å². The third-order valence-electron chi connectivity index (χ3n) is 0.870. The van der Waals surface area contributed by atoms with Crippen molar-refractivity contribution in [1.29, 1.82) is 0 Å². The van der Waals surface area contributed by atoms with Crippen LogP contribution < -0.4 is 11.3 Å². The van der Waals surface area contributed by atoms with Crippen molar-refractivity contribution in [3.05, 3.63) is 12.4 Å². The molecule has 1 rings (SSSR count). The van der Waals surface area contributed by atoms with Crippen LogP contribution in [0.4, 0.5) is 5.95 Å². The summed E-state index contributed by atoms with van der Waals surface area (Å²) in [5, 5.41) is 0. The summed E-state index contributed by atoms with van der Waals surface area (Å²) in [5.41, 5.74) is 5.84. The van der Waals surface area contributed by atoms with Gasteiger partial charge in [-0.05, 0) is 6.08 Å². The fraction of sp³-hybridized carbons (Fsp3) is 0. The van der Waals surface area contributed by atoms with E-state index in [2.05, 4.69) is 30.8 Å². The molecule has 0 saturated heterocycles. The van der Waals surface area contributed by atoms with Gasteiger partial charge in [0.1, 0.15) is 0 Å². The lowest BCUT2D eigenvalue weighted by molar-refractivity contribution is 1.09. The minimum absolute atomic E-state index is 0.218. The van der Waals surface area contributed by atoms with Crippen LogP contribution in [0.15, 0.2) is 6.58 Å². The molecule has 0 fully saturated rings. The Hall–Kier alpha value is -1.02. The molecular weight excluding hydrogens is 147 g/mol. The number of aromatic nitrogens is 3. The van der Waals surface area contributed by atoms with Gasteiger partial charge < -0.3 is 5.73 Å². The molecular formula is C5H7N4P. The third kappa shape index (κ3) is 1.48. The first-order valence-corrected chi connectivity index (χ1v) is 3.19. The molecule has 0 bridgehead atoms. The minimum Gasteiger partial charge on any atom is -0.368 e. The fourth-order valence-electron chi connectivity index (χ4n) is 0.518. The number of nitrogens with zero attached hydrogens (tertiary/aromatic N) is 3. The van der Waals surface area contributed by atoms with E-state index in [0.29, 0.717) is 11.4 Å². The number of hydrogen-bond donors (Lipinski definition) is 1. The van der Waals surface area contributed by atoms with Crippen molar-refractivity contribution in [2.24, 2.45) is 0 Å². The summed E-state index contributed by atoms with van der Waals surface area (Å²) >= 11 is 0. The van der Waals surface area contributed by atoms with Crippen LogP contribution in [0.1, 0.15) is 5.82 Å². The van der Waals surface area contributed by atoms with Gasteiger partial charge >= 0.3 is 0 Å². The maximum atomic E-state index is 5.31. The lowest BCUT2D eigenvalue weighted by atomic mass is 10.6. The summed E-state index contributed by atoms with van der Waals surface area (Å²) in [6.07, 6.45) is 1.52. The quantitative estimate of drug-likeness (QED) is 0.559. The summed E-state index contributed by atoms with van der Waals surface area (Å²) < 4.78 is 0. The average Bonchev–Trinajstić information content (AvgIpc) is 1.85. The zero-order valence-corrected chi connectivity index (χ0v) is 6.44. The van der Waals surface area contributed by atoms with Gasteiger partial charge in [0, 0.05) is 0 Å². The fourth-order valence-corrected chi connectivity index (χ4v) is 0.783. The Labute approximate surface area is 60.8 Å². The topological polar surface area (TPSA) is 64.7 Å². The van der Waals surface area contributed by atoms with Gasteiger partial charge in [-0.1, -0.05) is 15.8 Å². The molecule has 0 aliphatic carbocycles. The van der Waals surface area contributed by atoms with Crippen LogP contribution in [0.2, 0.25) is 0 Å². The van der Waals surface area contributed by atoms with Gasteiger partial charge in [0.05, 0.1) is 0 Å². The van der Waals surface area contributed by atoms with E-state index < -0.39 is 0 Å². The van der Waals surface area contributed by atoms with Crippen molar-refractivity contribution in [3.63, 3.8) is 0 Å². The van der Waals surface area contributed by atoms with Crippen molar-refractivity contribution in [2.45, 2.75) is 0 Å². The highest BCUT2D eigenvalue weighted by atomic mass is 31.0. The molecule has 4 nitrogen and oxygen atoms in total. The first-order valence-electron chi connectivity index (χ1n) is 2.62. The van der Waals surface area contributed by atoms with E-state index in [1.807, 2.05) is 0 Å². The molecule has 0 aliphatic rings. The summed E-state index contributed by atoms with van der Waals surface area (Å²) in [5.74, 6) is 0.715. The Morgan fingerprint density at radius 2 is 2.10 bits per heavy atom. The van der Waals surface area contributed by atoms with Crippen LogP contribution in [0.3, 0.4) is 0 Å². The largest absolute Gasteiger partial charge is 0.368 e. The number of hydrogen-bond acceptors (Lipinski definition) is 4. The normalized spacial score (nSPS) is 9.30. The van der Waals surface area contributed by atoms with Crippen LogP contribution >= 0.6 is 9.24 Å². The van der Waals surface area contributed by atoms with Gasteiger partial charge in [-0.3, -0.25) is 0 Å². The highest BCUT2D eigenvalue weighted by molar-refractivity contribution is 7.26. The third-order valence-corrected chi connectivity index (χ3v) is 1.13. The molecule has 1 unspecified atom stereocenters. The predicted octanol–water partition coefficient (Wildman–Crippen LogP) is -0.403. The monoisotopic (exact) mass is 154 g/mol. The number of nitrogen functional groups attached to an aromatic ring is 1. The van der Waals surface area contributed by atoms with Crippen molar-refractivity contribution >= 4 is 26.8 Å². The Morgan fingerprint density at radius 1 is 1.40 bits per heavy atom. The SMILES string of the molecule is C=Cc1nc(N)nc(P)n1. The summed E-state index contributed by atoms with van der Waals surface area (Å²) in [6.45, 7) is 3.50. The second-order valence-electron chi connectivity index (χ2n) is 1.61. The van der Waals surface area contributed by atoms with Gasteiger partial charge in [0.25, 0.3) is 0 Å². The van der Waals surface area contributed by atoms with Crippen LogP contribution in [0.25, 0.3) is 6.08 Å². The van der Waals surface area contributed by atoms with Crippen molar-refractivity contribution < 1.29 is 0 Å². The summed E-state index contributed by atoms with van der Waals surface area (Å²) in [6, 6.07) is 0. The second kappa shape index (κ2) is 2.71. The second-order valence-corrected chi connectivity index (χ2v) is 2.13. The highest BCUT2D eigenvalue weighted by Crippen LogP contribution is 1.92. The molecule has 0 spiro atoms. The lowest BCUT2D eigenvalue weighted by Gasteiger charge is -1.94. The van der Waals surface area contributed by atoms with Crippen LogP contribution in [-0.4, -0.2) is 15.0 Å². The van der Waals surface area contributed by atoms with E-state index in [1.54, 1.807) is 0 Å². The first kappa shape index (κ1) is 7.09. The van der Waals surface area contributed by atoms with E-state index in [9.17, 15) is 0 Å². The maximum Gasteiger partial charge on any atom is 0.224 e. The van der Waals surface area contributed by atoms with E-state index in [4.69, 9.17) is 5.73 Å². The van der Waals surface area contributed by atoms with E-state index in [1.165, 1.54) is 6.08 Å². The first-order chi connectivity index (χ1) is 4.72. The predicted molar refractivity (Wildman–Crippen MR) is 43.7 cm³/mol. The molecule has 0 radical (unpaired) electrons. The lowest BCUT2D eigenvalue weighted by Crippen LogP contribution is -2.11. The van der Waals surface area contributed by atoms with Crippen molar-refractivity contribution in [2.75, 3.05) is 5.73 Å². The molecule has 5 heteroatoms. The Bertz CT molecular complexity index is 240. The van der Waals surface area contributed by atoms with Crippen LogP contribution in [-0.2, 0) is 0 Å². The Morgan fingerprint density at radius 3 is 2.60 bits per heavy atom.